The third kappa shape index (κ3) is 12.1. The Labute approximate surface area is 320 Å². The Morgan fingerprint density at radius 1 is 0.818 bits per heavy atom. The number of aromatic nitrogens is 2. The number of ether oxygens (including phenoxy) is 1. The molecule has 1 aliphatic rings. The van der Waals surface area contributed by atoms with Crippen molar-refractivity contribution in [3.05, 3.63) is 95.9 Å². The van der Waals surface area contributed by atoms with E-state index in [1.807, 2.05) is 55.9 Å². The zero-order valence-electron chi connectivity index (χ0n) is 31.5. The van der Waals surface area contributed by atoms with E-state index in [0.717, 1.165) is 42.1 Å². The summed E-state index contributed by atoms with van der Waals surface area (Å²) in [6.07, 6.45) is 7.85. The van der Waals surface area contributed by atoms with Gasteiger partial charge in [0.05, 0.1) is 12.0 Å². The Morgan fingerprint density at radius 2 is 1.49 bits per heavy atom. The molecule has 2 aromatic heterocycles. The van der Waals surface area contributed by atoms with E-state index in [0.29, 0.717) is 30.8 Å². The summed E-state index contributed by atoms with van der Waals surface area (Å²) in [5, 5.41) is 26.9. The van der Waals surface area contributed by atoms with Crippen LogP contribution < -0.4 is 20.7 Å². The Kier molecular flexibility index (Phi) is 14.7. The predicted octanol–water partition coefficient (Wildman–Crippen LogP) is 4.45. The van der Waals surface area contributed by atoms with E-state index in [9.17, 15) is 19.2 Å². The molecule has 1 fully saturated rings. The number of benzene rings is 2. The van der Waals surface area contributed by atoms with Crippen LogP contribution in [0, 0.1) is 5.92 Å². The predicted molar refractivity (Wildman–Crippen MR) is 203 cm³/mol. The molecule has 3 unspecified atom stereocenters. The number of pyridine rings is 1. The van der Waals surface area contributed by atoms with Crippen molar-refractivity contribution in [2.24, 2.45) is 13.0 Å². The van der Waals surface area contributed by atoms with Crippen molar-refractivity contribution < 1.29 is 39.2 Å². The molecule has 5 N–H and O–H groups in total. The standard InChI is InChI=1S/C40H51N7O8/c1-27(2)22-33(44-40(51)46-20-10-4-5-11-21-46)37(48)42-34(23-29-25-45(3)36-14-7-6-13-32(29)36)38(49)43-35(24-30-12-8-9-19-41-30)39(50)55-31-17-15-28(16-18-31)26-54-47(52)53/h6-9,12-19,25,27,33-35,52-53H,4-5,10-11,20-24,26H2,1-3H3,(H,42,48)(H,43,49)(H,44,51). The van der Waals surface area contributed by atoms with Crippen LogP contribution >= 0.6 is 0 Å². The van der Waals surface area contributed by atoms with E-state index in [1.54, 1.807) is 41.4 Å². The smallest absolute Gasteiger partial charge is 0.334 e. The van der Waals surface area contributed by atoms with E-state index in [-0.39, 0.29) is 37.1 Å². The van der Waals surface area contributed by atoms with E-state index < -0.39 is 41.3 Å². The van der Waals surface area contributed by atoms with Crippen LogP contribution in [0.3, 0.4) is 0 Å². The van der Waals surface area contributed by atoms with Gasteiger partial charge >= 0.3 is 12.0 Å². The summed E-state index contributed by atoms with van der Waals surface area (Å²) in [5.41, 5.74) is 2.85. The van der Waals surface area contributed by atoms with Gasteiger partial charge in [0.1, 0.15) is 23.9 Å². The lowest BCUT2D eigenvalue weighted by molar-refractivity contribution is -0.497. The molecule has 1 saturated heterocycles. The maximum atomic E-state index is 14.4. The van der Waals surface area contributed by atoms with Crippen LogP contribution in [0.25, 0.3) is 10.9 Å². The minimum absolute atomic E-state index is 0.00300. The zero-order chi connectivity index (χ0) is 39.3. The maximum absolute atomic E-state index is 14.4. The number of hydrogen-bond donors (Lipinski definition) is 5. The number of urea groups is 1. The molecule has 15 heteroatoms. The second kappa shape index (κ2) is 19.8. The fraction of sp³-hybridized carbons (Fsp3) is 0.425. The highest BCUT2D eigenvalue weighted by atomic mass is 17.1. The van der Waals surface area contributed by atoms with Crippen LogP contribution in [0.15, 0.2) is 79.1 Å². The Bertz CT molecular complexity index is 1880. The van der Waals surface area contributed by atoms with Crippen molar-refractivity contribution in [1.82, 2.24) is 35.8 Å². The molecule has 0 saturated carbocycles. The van der Waals surface area contributed by atoms with Gasteiger partial charge in [0, 0.05) is 62.0 Å². The van der Waals surface area contributed by atoms with Gasteiger partial charge in [0.15, 0.2) is 0 Å². The van der Waals surface area contributed by atoms with Crippen LogP contribution in [0.1, 0.15) is 62.8 Å². The van der Waals surface area contributed by atoms with Crippen LogP contribution in [-0.4, -0.2) is 85.3 Å². The zero-order valence-corrected chi connectivity index (χ0v) is 31.5. The molecule has 3 heterocycles. The fourth-order valence-electron chi connectivity index (χ4n) is 6.67. The Hall–Kier alpha value is -5.35. The van der Waals surface area contributed by atoms with E-state index >= 15 is 0 Å². The van der Waals surface area contributed by atoms with Crippen LogP contribution in [-0.2, 0) is 45.7 Å². The second-order valence-electron chi connectivity index (χ2n) is 14.3. The lowest BCUT2D eigenvalue weighted by Crippen LogP contribution is -2.58. The molecule has 294 valence electrons. The van der Waals surface area contributed by atoms with E-state index in [2.05, 4.69) is 25.8 Å². The molecule has 4 amide bonds. The summed E-state index contributed by atoms with van der Waals surface area (Å²) >= 11 is 0. The van der Waals surface area contributed by atoms with Crippen molar-refractivity contribution in [3.8, 4) is 5.75 Å². The lowest BCUT2D eigenvalue weighted by atomic mass is 10.0. The Morgan fingerprint density at radius 3 is 2.16 bits per heavy atom. The summed E-state index contributed by atoms with van der Waals surface area (Å²) in [6.45, 7) is 5.01. The van der Waals surface area contributed by atoms with Gasteiger partial charge in [-0.15, -0.1) is 0 Å². The molecule has 55 heavy (non-hydrogen) atoms. The minimum Gasteiger partial charge on any atom is -0.425 e. The fourth-order valence-corrected chi connectivity index (χ4v) is 6.67. The number of esters is 1. The SMILES string of the molecule is CC(C)CC(NC(=O)N1CCCCCC1)C(=O)NC(Cc1cn(C)c2ccccc12)C(=O)NC(Cc1ccccn1)C(=O)Oc1ccc(CON(O)O)cc1. The first-order valence-electron chi connectivity index (χ1n) is 18.7. The van der Waals surface area contributed by atoms with Crippen LogP contribution in [0.4, 0.5) is 4.79 Å². The van der Waals surface area contributed by atoms with Crippen molar-refractivity contribution in [2.45, 2.75) is 83.5 Å². The number of likely N-dealkylation sites (tertiary alicyclic amines) is 1. The first-order chi connectivity index (χ1) is 26.5. The summed E-state index contributed by atoms with van der Waals surface area (Å²) in [6, 6.07) is 15.6. The highest BCUT2D eigenvalue weighted by molar-refractivity contribution is 5.94. The molecule has 0 radical (unpaired) electrons. The summed E-state index contributed by atoms with van der Waals surface area (Å²) in [4.78, 5) is 66.4. The Balaban J connectivity index is 1.40. The van der Waals surface area contributed by atoms with Gasteiger partial charge < -0.3 is 30.2 Å². The topological polar surface area (TPSA) is 188 Å². The number of nitrogens with zero attached hydrogens (tertiary/aromatic N) is 4. The average Bonchev–Trinajstić information content (AvgIpc) is 3.30. The lowest BCUT2D eigenvalue weighted by Gasteiger charge is -2.28. The third-order valence-corrected chi connectivity index (χ3v) is 9.48. The molecule has 0 aliphatic carbocycles. The molecule has 4 aromatic rings. The molecule has 1 aliphatic heterocycles. The number of fused-ring (bicyclic) bond motifs is 1. The van der Waals surface area contributed by atoms with E-state index in [1.165, 1.54) is 12.1 Å². The summed E-state index contributed by atoms with van der Waals surface area (Å²) < 4.78 is 7.64. The van der Waals surface area contributed by atoms with Crippen molar-refractivity contribution in [3.63, 3.8) is 0 Å². The van der Waals surface area contributed by atoms with E-state index in [4.69, 9.17) is 15.2 Å². The quantitative estimate of drug-likeness (QED) is 0.0621. The number of amides is 4. The monoisotopic (exact) mass is 757 g/mol. The third-order valence-electron chi connectivity index (χ3n) is 9.48. The summed E-state index contributed by atoms with van der Waals surface area (Å²) in [7, 11) is 1.91. The van der Waals surface area contributed by atoms with Gasteiger partial charge in [-0.25, -0.2) is 14.4 Å². The molecule has 0 spiro atoms. The number of para-hydroxylation sites is 1. The highest BCUT2D eigenvalue weighted by Gasteiger charge is 2.33. The normalized spacial score (nSPS) is 14.9. The van der Waals surface area contributed by atoms with Crippen LogP contribution in [0.2, 0.25) is 0 Å². The van der Waals surface area contributed by atoms with Crippen molar-refractivity contribution in [1.29, 1.82) is 0 Å². The van der Waals surface area contributed by atoms with Gasteiger partial charge in [-0.1, -0.05) is 63.1 Å². The second-order valence-corrected chi connectivity index (χ2v) is 14.3. The number of carbonyl (C=O) groups excluding carboxylic acids is 4. The molecular weight excluding hydrogens is 706 g/mol. The molecular formula is C40H51N7O8. The minimum atomic E-state index is -1.20. The largest absolute Gasteiger partial charge is 0.425 e. The maximum Gasteiger partial charge on any atom is 0.334 e. The molecule has 0 bridgehead atoms. The van der Waals surface area contributed by atoms with Crippen LogP contribution in [0.5, 0.6) is 5.75 Å². The van der Waals surface area contributed by atoms with Crippen molar-refractivity contribution in [2.75, 3.05) is 13.1 Å². The van der Waals surface area contributed by atoms with Crippen molar-refractivity contribution >= 4 is 34.7 Å². The van der Waals surface area contributed by atoms with Gasteiger partial charge in [-0.05, 0) is 66.6 Å². The average molecular weight is 758 g/mol. The molecule has 3 atom stereocenters. The number of aryl methyl sites for hydroxylation is 1. The van der Waals surface area contributed by atoms with Gasteiger partial charge in [-0.3, -0.25) is 25.0 Å². The van der Waals surface area contributed by atoms with Gasteiger partial charge in [-0.2, -0.15) is 0 Å². The molecule has 15 nitrogen and oxygen atoms in total. The number of hydrogen-bond acceptors (Lipinski definition) is 10. The molecule has 2 aromatic carbocycles. The van der Waals surface area contributed by atoms with Gasteiger partial charge in [0.25, 0.3) is 0 Å². The first kappa shape index (κ1) is 40.8. The number of nitrogens with one attached hydrogen (secondary N) is 3. The van der Waals surface area contributed by atoms with Gasteiger partial charge in [0.2, 0.25) is 11.8 Å². The summed E-state index contributed by atoms with van der Waals surface area (Å²) in [5.74, 6) is -1.65. The number of rotatable bonds is 16. The molecule has 5 rings (SSSR count). The number of carbonyl (C=O) groups is 4. The first-order valence-corrected chi connectivity index (χ1v) is 18.7. The highest BCUT2D eigenvalue weighted by Crippen LogP contribution is 2.22.